The van der Waals surface area contributed by atoms with Crippen molar-refractivity contribution in [2.24, 2.45) is 0 Å². The molecule has 0 amide bonds. The Balaban J connectivity index is 4.39. The molecule has 0 atom stereocenters. The first kappa shape index (κ1) is 16.8. The Morgan fingerprint density at radius 3 is 1.56 bits per heavy atom. The maximum Gasteiger partial charge on any atom is 0.336 e. The van der Waals surface area contributed by atoms with Gasteiger partial charge < -0.3 is 8.85 Å². The van der Waals surface area contributed by atoms with Crippen LogP contribution in [-0.2, 0) is 8.85 Å². The summed E-state index contributed by atoms with van der Waals surface area (Å²) in [4.78, 5) is 0. The molecular weight excluding hydrogens is 256 g/mol. The van der Waals surface area contributed by atoms with Crippen molar-refractivity contribution < 1.29 is 8.85 Å². The minimum atomic E-state index is -1.94. The average molecular weight is 283 g/mol. The zero-order valence-electron chi connectivity index (χ0n) is 11.6. The third kappa shape index (κ3) is 7.22. The minimum Gasteiger partial charge on any atom is -0.398 e. The average Bonchev–Trinajstić information content (AvgIpc) is 2.15. The van der Waals surface area contributed by atoms with Gasteiger partial charge in [0.25, 0.3) is 0 Å². The van der Waals surface area contributed by atoms with E-state index in [9.17, 15) is 0 Å². The van der Waals surface area contributed by atoms with E-state index in [1.165, 1.54) is 0 Å². The highest BCUT2D eigenvalue weighted by atomic mass is 32.2. The Hall–Kier alpha value is 0.837. The zero-order chi connectivity index (χ0) is 12.8. The summed E-state index contributed by atoms with van der Waals surface area (Å²) in [5, 5.41) is 1.31. The fraction of sp³-hybridized carbons (Fsp3) is 1.00. The van der Waals surface area contributed by atoms with Crippen LogP contribution in [0.5, 0.6) is 0 Å². The van der Waals surface area contributed by atoms with Crippen LogP contribution in [0.2, 0.25) is 12.6 Å². The van der Waals surface area contributed by atoms with E-state index in [0.717, 1.165) is 6.04 Å². The summed E-state index contributed by atoms with van der Waals surface area (Å²) in [7, 11) is 1.61. The molecule has 0 aromatic carbocycles. The SMILES string of the molecule is CO[Si](C)(CC(SC(C)C)SC(C)C)OC. The predicted molar refractivity (Wildman–Crippen MR) is 79.7 cm³/mol. The molecule has 0 aliphatic heterocycles. The molecular formula is C11H26O2S2Si. The molecule has 0 bridgehead atoms. The molecule has 0 aromatic heterocycles. The predicted octanol–water partition coefficient (Wildman–Crippen LogP) is 3.96. The van der Waals surface area contributed by atoms with Crippen molar-refractivity contribution in [2.45, 2.75) is 55.4 Å². The third-order valence-electron chi connectivity index (χ3n) is 2.25. The highest BCUT2D eigenvalue weighted by Crippen LogP contribution is 2.36. The second-order valence-electron chi connectivity index (χ2n) is 4.55. The molecule has 0 aliphatic carbocycles. The van der Waals surface area contributed by atoms with E-state index >= 15 is 0 Å². The molecule has 0 saturated carbocycles. The van der Waals surface area contributed by atoms with Crippen LogP contribution in [0, 0.1) is 0 Å². The lowest BCUT2D eigenvalue weighted by Gasteiger charge is -2.29. The van der Waals surface area contributed by atoms with Gasteiger partial charge in [0.1, 0.15) is 0 Å². The normalized spacial score (nSPS) is 13.1. The summed E-state index contributed by atoms with van der Waals surface area (Å²) in [6.07, 6.45) is 0. The van der Waals surface area contributed by atoms with Crippen molar-refractivity contribution in [3.63, 3.8) is 0 Å². The van der Waals surface area contributed by atoms with Crippen LogP contribution in [-0.4, -0.2) is 37.9 Å². The molecule has 0 saturated heterocycles. The molecule has 0 N–H and O–H groups in total. The molecule has 0 heterocycles. The first-order valence-corrected chi connectivity index (χ1v) is 10.1. The first-order chi connectivity index (χ1) is 7.33. The van der Waals surface area contributed by atoms with Crippen LogP contribution < -0.4 is 0 Å². The summed E-state index contributed by atoms with van der Waals surface area (Å²) < 4.78 is 11.7. The van der Waals surface area contributed by atoms with Crippen LogP contribution in [0.25, 0.3) is 0 Å². The van der Waals surface area contributed by atoms with Gasteiger partial charge in [-0.05, 0) is 6.55 Å². The first-order valence-electron chi connectivity index (χ1n) is 5.74. The van der Waals surface area contributed by atoms with Gasteiger partial charge in [-0.3, -0.25) is 0 Å². The Bertz CT molecular complexity index is 175. The Morgan fingerprint density at radius 2 is 1.31 bits per heavy atom. The Labute approximate surface area is 110 Å². The van der Waals surface area contributed by atoms with Crippen LogP contribution in [0.4, 0.5) is 0 Å². The van der Waals surface area contributed by atoms with Crippen molar-refractivity contribution >= 4 is 32.1 Å². The molecule has 0 aromatic rings. The number of rotatable bonds is 8. The largest absolute Gasteiger partial charge is 0.398 e. The molecule has 0 unspecified atom stereocenters. The van der Waals surface area contributed by atoms with Crippen molar-refractivity contribution in [1.82, 2.24) is 0 Å². The van der Waals surface area contributed by atoms with E-state index < -0.39 is 8.56 Å². The van der Waals surface area contributed by atoms with Gasteiger partial charge in [-0.15, -0.1) is 23.5 Å². The lowest BCUT2D eigenvalue weighted by molar-refractivity contribution is 0.251. The standard InChI is InChI=1S/C11H26O2S2Si/c1-9(2)14-11(15-10(3)4)8-16(7,12-5)13-6/h9-11H,8H2,1-7H3. The number of hydrogen-bond donors (Lipinski definition) is 0. The molecule has 2 nitrogen and oxygen atoms in total. The lowest BCUT2D eigenvalue weighted by atomic mass is 10.6. The van der Waals surface area contributed by atoms with Gasteiger partial charge in [0.15, 0.2) is 0 Å². The summed E-state index contributed by atoms with van der Waals surface area (Å²) in [6, 6.07) is 1.05. The topological polar surface area (TPSA) is 18.5 Å². The number of hydrogen-bond acceptors (Lipinski definition) is 4. The highest BCUT2D eigenvalue weighted by molar-refractivity contribution is 8.17. The van der Waals surface area contributed by atoms with E-state index in [4.69, 9.17) is 8.85 Å². The molecule has 0 spiro atoms. The van der Waals surface area contributed by atoms with Crippen molar-refractivity contribution in [1.29, 1.82) is 0 Å². The monoisotopic (exact) mass is 282 g/mol. The maximum atomic E-state index is 5.57. The van der Waals surface area contributed by atoms with Crippen LogP contribution in [0.15, 0.2) is 0 Å². The molecule has 0 fully saturated rings. The zero-order valence-corrected chi connectivity index (χ0v) is 14.2. The van der Waals surface area contributed by atoms with Crippen LogP contribution >= 0.6 is 23.5 Å². The van der Waals surface area contributed by atoms with Gasteiger partial charge in [-0.25, -0.2) is 0 Å². The maximum absolute atomic E-state index is 5.57. The van der Waals surface area contributed by atoms with E-state index in [1.54, 1.807) is 14.2 Å². The van der Waals surface area contributed by atoms with Gasteiger partial charge in [-0.1, -0.05) is 27.7 Å². The molecule has 16 heavy (non-hydrogen) atoms. The molecule has 0 rings (SSSR count). The van der Waals surface area contributed by atoms with Crippen LogP contribution in [0.3, 0.4) is 0 Å². The molecule has 0 radical (unpaired) electrons. The van der Waals surface area contributed by atoms with E-state index in [-0.39, 0.29) is 0 Å². The van der Waals surface area contributed by atoms with Gasteiger partial charge in [0.05, 0.1) is 4.58 Å². The third-order valence-corrected chi connectivity index (χ3v) is 8.41. The Morgan fingerprint density at radius 1 is 0.938 bits per heavy atom. The van der Waals surface area contributed by atoms with Gasteiger partial charge >= 0.3 is 8.56 Å². The lowest BCUT2D eigenvalue weighted by Crippen LogP contribution is -2.38. The van der Waals surface area contributed by atoms with Crippen LogP contribution in [0.1, 0.15) is 27.7 Å². The summed E-state index contributed by atoms with van der Waals surface area (Å²) >= 11 is 4.05. The Kier molecular flexibility index (Phi) is 8.45. The summed E-state index contributed by atoms with van der Waals surface area (Å²) in [6.45, 7) is 11.1. The summed E-state index contributed by atoms with van der Waals surface area (Å²) in [5.74, 6) is 0. The highest BCUT2D eigenvalue weighted by Gasteiger charge is 2.33. The van der Waals surface area contributed by atoms with Crippen molar-refractivity contribution in [3.05, 3.63) is 0 Å². The molecule has 98 valence electrons. The fourth-order valence-corrected chi connectivity index (χ4v) is 7.78. The van der Waals surface area contributed by atoms with Gasteiger partial charge in [0, 0.05) is 30.8 Å². The van der Waals surface area contributed by atoms with E-state index in [2.05, 4.69) is 34.2 Å². The van der Waals surface area contributed by atoms with Gasteiger partial charge in [-0.2, -0.15) is 0 Å². The smallest absolute Gasteiger partial charge is 0.336 e. The van der Waals surface area contributed by atoms with E-state index in [1.807, 2.05) is 23.5 Å². The molecule has 0 aliphatic rings. The fourth-order valence-electron chi connectivity index (χ4n) is 1.29. The van der Waals surface area contributed by atoms with E-state index in [0.29, 0.717) is 15.1 Å². The van der Waals surface area contributed by atoms with Crippen molar-refractivity contribution in [2.75, 3.05) is 14.2 Å². The molecule has 5 heteroatoms. The van der Waals surface area contributed by atoms with Gasteiger partial charge in [0.2, 0.25) is 0 Å². The quantitative estimate of drug-likeness (QED) is 0.495. The number of thioether (sulfide) groups is 2. The van der Waals surface area contributed by atoms with Crippen molar-refractivity contribution in [3.8, 4) is 0 Å². The second kappa shape index (κ2) is 8.03. The summed E-state index contributed by atoms with van der Waals surface area (Å²) in [5.41, 5.74) is 0. The minimum absolute atomic E-state index is 0.580. The second-order valence-corrected chi connectivity index (χ2v) is 11.9.